The van der Waals surface area contributed by atoms with Crippen molar-refractivity contribution in [3.8, 4) is 0 Å². The predicted octanol–water partition coefficient (Wildman–Crippen LogP) is 4.94. The van der Waals surface area contributed by atoms with Crippen LogP contribution in [0.15, 0.2) is 48.8 Å². The van der Waals surface area contributed by atoms with Crippen molar-refractivity contribution in [3.63, 3.8) is 0 Å². The summed E-state index contributed by atoms with van der Waals surface area (Å²) in [6, 6.07) is 12.2. The molecule has 0 spiro atoms. The third-order valence-electron chi connectivity index (χ3n) is 6.05. The van der Waals surface area contributed by atoms with Crippen molar-refractivity contribution < 1.29 is 13.5 Å². The number of nitrogens with zero attached hydrogens (tertiary/aromatic N) is 3. The van der Waals surface area contributed by atoms with Crippen LogP contribution in [0, 0.1) is 18.6 Å². The summed E-state index contributed by atoms with van der Waals surface area (Å²) in [5.74, 6) is 0.00658. The minimum atomic E-state index is -0.583. The van der Waals surface area contributed by atoms with Crippen molar-refractivity contribution in [1.29, 1.82) is 0 Å². The second kappa shape index (κ2) is 8.23. The van der Waals surface area contributed by atoms with Crippen LogP contribution in [0.5, 0.6) is 0 Å². The molecule has 5 rings (SSSR count). The first kappa shape index (κ1) is 19.9. The summed E-state index contributed by atoms with van der Waals surface area (Å²) in [5.41, 5.74) is 3.41. The topological polar surface area (TPSA) is 50.3 Å². The van der Waals surface area contributed by atoms with Gasteiger partial charge in [0.15, 0.2) is 0 Å². The van der Waals surface area contributed by atoms with Crippen LogP contribution in [0.4, 0.5) is 26.1 Å². The average Bonchev–Trinajstić information content (AvgIpc) is 3.15. The molecule has 7 heteroatoms. The van der Waals surface area contributed by atoms with E-state index in [9.17, 15) is 8.78 Å². The van der Waals surface area contributed by atoms with E-state index in [1.54, 1.807) is 6.33 Å². The molecule has 5 nitrogen and oxygen atoms in total. The lowest BCUT2D eigenvalue weighted by atomic mass is 9.93. The van der Waals surface area contributed by atoms with Gasteiger partial charge in [-0.1, -0.05) is 18.2 Å². The minimum Gasteiger partial charge on any atom is -0.381 e. The Labute approximate surface area is 180 Å². The van der Waals surface area contributed by atoms with Crippen molar-refractivity contribution in [1.82, 2.24) is 9.97 Å². The highest BCUT2D eigenvalue weighted by molar-refractivity contribution is 5.74. The van der Waals surface area contributed by atoms with Crippen LogP contribution in [-0.4, -0.2) is 35.8 Å². The van der Waals surface area contributed by atoms with E-state index in [1.807, 2.05) is 25.1 Å². The largest absolute Gasteiger partial charge is 0.381 e. The van der Waals surface area contributed by atoms with Gasteiger partial charge in [0, 0.05) is 49.0 Å². The van der Waals surface area contributed by atoms with E-state index < -0.39 is 11.6 Å². The van der Waals surface area contributed by atoms with Gasteiger partial charge in [-0.15, -0.1) is 0 Å². The summed E-state index contributed by atoms with van der Waals surface area (Å²) in [5, 5.41) is 3.54. The Kier molecular flexibility index (Phi) is 5.28. The highest BCUT2D eigenvalue weighted by atomic mass is 19.1. The third-order valence-corrected chi connectivity index (χ3v) is 6.05. The molecule has 1 N–H and O–H groups in total. The van der Waals surface area contributed by atoms with E-state index >= 15 is 0 Å². The zero-order chi connectivity index (χ0) is 21.4. The SMILES string of the molecule is Cc1cccc(N2CC(c3ccc(F)cc3F)c3c(NC4CCOCC4)ncnc32)c1. The zero-order valence-corrected chi connectivity index (χ0v) is 17.3. The number of aromatic nitrogens is 2. The van der Waals surface area contributed by atoms with Crippen LogP contribution in [0.25, 0.3) is 0 Å². The molecular weight excluding hydrogens is 398 g/mol. The molecule has 160 valence electrons. The molecule has 1 unspecified atom stereocenters. The Morgan fingerprint density at radius 3 is 2.68 bits per heavy atom. The molecule has 2 aromatic carbocycles. The average molecular weight is 422 g/mol. The monoisotopic (exact) mass is 422 g/mol. The van der Waals surface area contributed by atoms with Crippen LogP contribution < -0.4 is 10.2 Å². The number of ether oxygens (including phenoxy) is 1. The Bertz CT molecular complexity index is 1100. The van der Waals surface area contributed by atoms with Crippen LogP contribution >= 0.6 is 0 Å². The van der Waals surface area contributed by atoms with Crippen molar-refractivity contribution in [2.24, 2.45) is 0 Å². The van der Waals surface area contributed by atoms with E-state index in [0.717, 1.165) is 41.5 Å². The third kappa shape index (κ3) is 3.85. The Hall–Kier alpha value is -3.06. The van der Waals surface area contributed by atoms with Crippen LogP contribution in [0.3, 0.4) is 0 Å². The van der Waals surface area contributed by atoms with Crippen LogP contribution in [0.1, 0.15) is 35.4 Å². The van der Waals surface area contributed by atoms with Gasteiger partial charge in [0.05, 0.1) is 0 Å². The Morgan fingerprint density at radius 2 is 1.90 bits per heavy atom. The molecule has 1 aromatic heterocycles. The zero-order valence-electron chi connectivity index (χ0n) is 17.3. The molecular formula is C24H24F2N4O. The van der Waals surface area contributed by atoms with Gasteiger partial charge in [-0.05, 0) is 49.1 Å². The molecule has 0 saturated carbocycles. The van der Waals surface area contributed by atoms with E-state index in [4.69, 9.17) is 4.74 Å². The summed E-state index contributed by atoms with van der Waals surface area (Å²) >= 11 is 0. The van der Waals surface area contributed by atoms with Gasteiger partial charge in [0.25, 0.3) is 0 Å². The number of aryl methyl sites for hydroxylation is 1. The first-order valence-corrected chi connectivity index (χ1v) is 10.6. The van der Waals surface area contributed by atoms with Crippen molar-refractivity contribution in [3.05, 3.63) is 77.1 Å². The maximum Gasteiger partial charge on any atom is 0.142 e. The Balaban J connectivity index is 1.61. The number of halogens is 2. The number of hydrogen-bond acceptors (Lipinski definition) is 5. The summed E-state index contributed by atoms with van der Waals surface area (Å²) in [6.45, 7) is 3.95. The number of fused-ring (bicyclic) bond motifs is 1. The molecule has 0 radical (unpaired) electrons. The molecule has 3 heterocycles. The highest BCUT2D eigenvalue weighted by Gasteiger charge is 2.37. The maximum atomic E-state index is 14.8. The van der Waals surface area contributed by atoms with Crippen molar-refractivity contribution in [2.45, 2.75) is 31.7 Å². The molecule has 2 aliphatic rings. The molecule has 0 amide bonds. The number of nitrogens with one attached hydrogen (secondary N) is 1. The van der Waals surface area contributed by atoms with Gasteiger partial charge >= 0.3 is 0 Å². The summed E-state index contributed by atoms with van der Waals surface area (Å²) in [7, 11) is 0. The number of hydrogen-bond donors (Lipinski definition) is 1. The number of anilines is 3. The fourth-order valence-corrected chi connectivity index (χ4v) is 4.49. The van der Waals surface area contributed by atoms with Gasteiger partial charge in [-0.3, -0.25) is 0 Å². The van der Waals surface area contributed by atoms with Gasteiger partial charge in [0.1, 0.15) is 29.6 Å². The smallest absolute Gasteiger partial charge is 0.142 e. The molecule has 1 atom stereocenters. The lowest BCUT2D eigenvalue weighted by Gasteiger charge is -2.25. The van der Waals surface area contributed by atoms with Crippen molar-refractivity contribution >= 4 is 17.3 Å². The molecule has 1 saturated heterocycles. The minimum absolute atomic E-state index is 0.236. The molecule has 31 heavy (non-hydrogen) atoms. The summed E-state index contributed by atoms with van der Waals surface area (Å²) < 4.78 is 33.9. The highest BCUT2D eigenvalue weighted by Crippen LogP contribution is 2.46. The quantitative estimate of drug-likeness (QED) is 0.646. The molecule has 3 aromatic rings. The van der Waals surface area contributed by atoms with Gasteiger partial charge in [-0.2, -0.15) is 0 Å². The molecule has 1 fully saturated rings. The van der Waals surface area contributed by atoms with E-state index in [2.05, 4.69) is 26.3 Å². The van der Waals surface area contributed by atoms with Gasteiger partial charge < -0.3 is 15.0 Å². The molecule has 2 aliphatic heterocycles. The standard InChI is InChI=1S/C24H24F2N4O/c1-15-3-2-4-18(11-15)30-13-20(19-6-5-16(25)12-21(19)26)22-23(27-14-28-24(22)30)29-17-7-9-31-10-8-17/h2-6,11-12,14,17,20H,7-10,13H2,1H3,(H,27,28,29). The summed E-state index contributed by atoms with van der Waals surface area (Å²) in [4.78, 5) is 11.2. The first-order chi connectivity index (χ1) is 15.1. The molecule has 0 aliphatic carbocycles. The van der Waals surface area contributed by atoms with E-state index in [-0.39, 0.29) is 12.0 Å². The van der Waals surface area contributed by atoms with E-state index in [0.29, 0.717) is 31.1 Å². The maximum absolute atomic E-state index is 14.8. The van der Waals surface area contributed by atoms with Crippen LogP contribution in [-0.2, 0) is 4.74 Å². The Morgan fingerprint density at radius 1 is 1.06 bits per heavy atom. The fourth-order valence-electron chi connectivity index (χ4n) is 4.49. The van der Waals surface area contributed by atoms with E-state index in [1.165, 1.54) is 12.1 Å². The lowest BCUT2D eigenvalue weighted by Crippen LogP contribution is -2.29. The number of benzene rings is 2. The number of rotatable bonds is 4. The second-order valence-corrected chi connectivity index (χ2v) is 8.16. The first-order valence-electron chi connectivity index (χ1n) is 10.6. The predicted molar refractivity (Wildman–Crippen MR) is 116 cm³/mol. The van der Waals surface area contributed by atoms with Gasteiger partial charge in [0.2, 0.25) is 0 Å². The van der Waals surface area contributed by atoms with Gasteiger partial charge in [-0.25, -0.2) is 18.7 Å². The normalized spacial score (nSPS) is 18.8. The lowest BCUT2D eigenvalue weighted by molar-refractivity contribution is 0.0903. The summed E-state index contributed by atoms with van der Waals surface area (Å²) in [6.07, 6.45) is 3.32. The molecule has 0 bridgehead atoms. The second-order valence-electron chi connectivity index (χ2n) is 8.16. The van der Waals surface area contributed by atoms with Crippen LogP contribution in [0.2, 0.25) is 0 Å². The fraction of sp³-hybridized carbons (Fsp3) is 0.333. The van der Waals surface area contributed by atoms with Crippen molar-refractivity contribution in [2.75, 3.05) is 30.0 Å².